The van der Waals surface area contributed by atoms with E-state index in [1.54, 1.807) is 28.4 Å². The van der Waals surface area contributed by atoms with Crippen LogP contribution in [0.5, 0.6) is 0 Å². The van der Waals surface area contributed by atoms with Crippen molar-refractivity contribution in [2.24, 2.45) is 5.92 Å². The Morgan fingerprint density at radius 1 is 1.21 bits per heavy atom. The van der Waals surface area contributed by atoms with Crippen molar-refractivity contribution in [2.75, 3.05) is 13.2 Å². The van der Waals surface area contributed by atoms with E-state index in [0.717, 1.165) is 28.2 Å². The van der Waals surface area contributed by atoms with Gasteiger partial charge in [0.25, 0.3) is 0 Å². The molecule has 9 heteroatoms. The quantitative estimate of drug-likeness (QED) is 0.379. The van der Waals surface area contributed by atoms with Crippen molar-refractivity contribution >= 4 is 46.4 Å². The highest BCUT2D eigenvalue weighted by Crippen LogP contribution is 2.40. The molecule has 2 heterocycles. The highest BCUT2D eigenvalue weighted by Gasteiger charge is 2.34. The van der Waals surface area contributed by atoms with E-state index in [1.165, 1.54) is 0 Å². The summed E-state index contributed by atoms with van der Waals surface area (Å²) in [4.78, 5) is 27.1. The Morgan fingerprint density at radius 2 is 1.88 bits per heavy atom. The van der Waals surface area contributed by atoms with Gasteiger partial charge in [-0.25, -0.2) is 4.79 Å². The molecule has 3 atom stereocenters. The van der Waals surface area contributed by atoms with Crippen molar-refractivity contribution in [3.05, 3.63) is 46.8 Å². The number of thiophene rings is 1. The fraction of sp³-hybridized carbons (Fsp3) is 0.520. The molecule has 0 bridgehead atoms. The van der Waals surface area contributed by atoms with Gasteiger partial charge in [0, 0.05) is 28.6 Å². The number of Topliss-reactive ketones (excluding diaryl/α,β-unsaturated/α-hetero) is 1. The summed E-state index contributed by atoms with van der Waals surface area (Å²) >= 11 is 12.7. The highest BCUT2D eigenvalue weighted by molar-refractivity contribution is 7.15. The van der Waals surface area contributed by atoms with Crippen LogP contribution in [0.4, 0.5) is 9.18 Å². The number of hydrogen-bond donors (Lipinski definition) is 1. The topological polar surface area (TPSA) is 66.8 Å². The third-order valence-corrected chi connectivity index (χ3v) is 7.45. The molecule has 3 rings (SSSR count). The average molecular weight is 530 g/mol. The van der Waals surface area contributed by atoms with E-state index >= 15 is 0 Å². The van der Waals surface area contributed by atoms with Crippen LogP contribution in [0.3, 0.4) is 0 Å². The standard InChI is InChI=1S/C25H30Cl2FNO4S/c1-25(2,3)33-24(32)29-12-4-5-18(29)21-11-10-20(34-21)15-6-8-16(9-7-15)22(31)17(14-28)13-19(30)23(26)27/h6-11,17-18,22-23,31H,4-5,12-14H2,1-3H3/t17-,18?,22-/m1/s1. The van der Waals surface area contributed by atoms with E-state index in [9.17, 15) is 19.1 Å². The molecule has 1 aliphatic heterocycles. The van der Waals surface area contributed by atoms with Gasteiger partial charge in [0.05, 0.1) is 18.8 Å². The normalized spacial score (nSPS) is 18.2. The molecule has 34 heavy (non-hydrogen) atoms. The number of aliphatic hydroxyl groups excluding tert-OH is 1. The second-order valence-corrected chi connectivity index (χ2v) is 11.7. The molecule has 186 valence electrons. The van der Waals surface area contributed by atoms with Crippen molar-refractivity contribution < 1.29 is 23.8 Å². The van der Waals surface area contributed by atoms with Crippen LogP contribution < -0.4 is 0 Å². The summed E-state index contributed by atoms with van der Waals surface area (Å²) in [6.07, 6.45) is 0.143. The summed E-state index contributed by atoms with van der Waals surface area (Å²) in [5, 5.41) is 10.6. The molecule has 1 saturated heterocycles. The van der Waals surface area contributed by atoms with Crippen LogP contribution in [0.1, 0.15) is 62.6 Å². The van der Waals surface area contributed by atoms with E-state index in [4.69, 9.17) is 27.9 Å². The number of rotatable bonds is 8. The number of hydrogen-bond acceptors (Lipinski definition) is 5. The Hall–Kier alpha value is -1.67. The van der Waals surface area contributed by atoms with Crippen LogP contribution in [0.15, 0.2) is 36.4 Å². The zero-order chi connectivity index (χ0) is 25.0. The van der Waals surface area contributed by atoms with Gasteiger partial charge in [-0.15, -0.1) is 11.3 Å². The minimum atomic E-state index is -1.23. The number of ether oxygens (including phenoxy) is 1. The van der Waals surface area contributed by atoms with Gasteiger partial charge in [-0.1, -0.05) is 47.5 Å². The number of carbonyl (C=O) groups is 2. The summed E-state index contributed by atoms with van der Waals surface area (Å²) in [6.45, 7) is 5.39. The minimum absolute atomic E-state index is 0.00904. The van der Waals surface area contributed by atoms with Gasteiger partial charge in [-0.3, -0.25) is 9.18 Å². The van der Waals surface area contributed by atoms with Crippen molar-refractivity contribution in [1.82, 2.24) is 4.90 Å². The molecule has 0 radical (unpaired) electrons. The summed E-state index contributed by atoms with van der Waals surface area (Å²) < 4.78 is 19.0. The zero-order valence-corrected chi connectivity index (χ0v) is 21.8. The van der Waals surface area contributed by atoms with Gasteiger partial charge in [0.2, 0.25) is 0 Å². The molecular formula is C25H30Cl2FNO4S. The van der Waals surface area contributed by atoms with Gasteiger partial charge in [0.15, 0.2) is 10.6 Å². The van der Waals surface area contributed by atoms with Gasteiger partial charge < -0.3 is 14.7 Å². The molecule has 1 amide bonds. The zero-order valence-electron chi connectivity index (χ0n) is 19.5. The van der Waals surface area contributed by atoms with Gasteiger partial charge in [-0.2, -0.15) is 0 Å². The molecular weight excluding hydrogens is 500 g/mol. The molecule has 1 aromatic heterocycles. The van der Waals surface area contributed by atoms with Crippen LogP contribution >= 0.6 is 34.5 Å². The predicted molar refractivity (Wildman–Crippen MR) is 134 cm³/mol. The summed E-state index contributed by atoms with van der Waals surface area (Å²) in [7, 11) is 0. The fourth-order valence-electron chi connectivity index (χ4n) is 4.00. The molecule has 1 N–H and O–H groups in total. The van der Waals surface area contributed by atoms with Crippen LogP contribution in [0, 0.1) is 5.92 Å². The molecule has 1 aliphatic rings. The van der Waals surface area contributed by atoms with Crippen LogP contribution in [-0.2, 0) is 9.53 Å². The van der Waals surface area contributed by atoms with Gasteiger partial charge in [0.1, 0.15) is 5.60 Å². The maximum absolute atomic E-state index is 13.5. The lowest BCUT2D eigenvalue weighted by atomic mass is 9.92. The van der Waals surface area contributed by atoms with Crippen molar-refractivity contribution in [3.8, 4) is 10.4 Å². The summed E-state index contributed by atoms with van der Waals surface area (Å²) in [6, 6.07) is 11.2. The molecule has 1 fully saturated rings. The summed E-state index contributed by atoms with van der Waals surface area (Å²) in [5.41, 5.74) is 0.924. The first kappa shape index (κ1) is 26.9. The number of halogens is 3. The molecule has 5 nitrogen and oxygen atoms in total. The number of ketones is 1. The fourth-order valence-corrected chi connectivity index (χ4v) is 5.34. The van der Waals surface area contributed by atoms with E-state index in [1.807, 2.05) is 45.0 Å². The van der Waals surface area contributed by atoms with Crippen LogP contribution in [0.2, 0.25) is 0 Å². The third kappa shape index (κ3) is 6.72. The average Bonchev–Trinajstić information content (AvgIpc) is 3.45. The van der Waals surface area contributed by atoms with E-state index in [0.29, 0.717) is 12.1 Å². The second kappa shape index (κ2) is 11.4. The SMILES string of the molecule is CC(C)(C)OC(=O)N1CCCC1c1ccc(-c2ccc([C@@H](O)[C@@H](CF)CC(=O)C(Cl)Cl)cc2)s1. The number of aliphatic hydroxyl groups is 1. The Morgan fingerprint density at radius 3 is 2.47 bits per heavy atom. The monoisotopic (exact) mass is 529 g/mol. The van der Waals surface area contributed by atoms with Crippen molar-refractivity contribution in [2.45, 2.75) is 62.6 Å². The molecule has 0 saturated carbocycles. The van der Waals surface area contributed by atoms with Crippen molar-refractivity contribution in [3.63, 3.8) is 0 Å². The Balaban J connectivity index is 1.71. The molecule has 2 aromatic rings. The molecule has 1 aromatic carbocycles. The van der Waals surface area contributed by atoms with Gasteiger partial charge in [-0.05, 0) is 56.9 Å². The van der Waals surface area contributed by atoms with E-state index < -0.39 is 34.9 Å². The van der Waals surface area contributed by atoms with E-state index in [2.05, 4.69) is 0 Å². The number of alkyl halides is 3. The lowest BCUT2D eigenvalue weighted by Crippen LogP contribution is -2.36. The van der Waals surface area contributed by atoms with Crippen LogP contribution in [-0.4, -0.2) is 45.5 Å². The van der Waals surface area contributed by atoms with Crippen molar-refractivity contribution in [1.29, 1.82) is 0 Å². The first-order chi connectivity index (χ1) is 16.0. The summed E-state index contributed by atoms with van der Waals surface area (Å²) in [5.74, 6) is -1.42. The maximum atomic E-state index is 13.5. The Bertz CT molecular complexity index is 990. The number of nitrogens with zero attached hydrogens (tertiary/aromatic N) is 1. The third-order valence-electron chi connectivity index (χ3n) is 5.72. The number of benzene rings is 1. The number of carbonyl (C=O) groups excluding carboxylic acids is 2. The number of likely N-dealkylation sites (tertiary alicyclic amines) is 1. The molecule has 1 unspecified atom stereocenters. The number of amides is 1. The smallest absolute Gasteiger partial charge is 0.410 e. The molecule has 0 spiro atoms. The van der Waals surface area contributed by atoms with E-state index in [-0.39, 0.29) is 18.6 Å². The lowest BCUT2D eigenvalue weighted by molar-refractivity contribution is -0.119. The first-order valence-electron chi connectivity index (χ1n) is 11.2. The van der Waals surface area contributed by atoms with Gasteiger partial charge >= 0.3 is 6.09 Å². The second-order valence-electron chi connectivity index (χ2n) is 9.49. The van der Waals surface area contributed by atoms with Crippen LogP contribution in [0.25, 0.3) is 10.4 Å². The Kier molecular flexibility index (Phi) is 9.01. The maximum Gasteiger partial charge on any atom is 0.410 e. The Labute approximate surface area is 213 Å². The largest absolute Gasteiger partial charge is 0.444 e. The lowest BCUT2D eigenvalue weighted by Gasteiger charge is -2.28. The minimum Gasteiger partial charge on any atom is -0.444 e. The highest BCUT2D eigenvalue weighted by atomic mass is 35.5. The predicted octanol–water partition coefficient (Wildman–Crippen LogP) is 6.87. The first-order valence-corrected chi connectivity index (χ1v) is 12.9. The molecule has 0 aliphatic carbocycles.